The number of ether oxygens (including phenoxy) is 1. The predicted molar refractivity (Wildman–Crippen MR) is 118 cm³/mol. The molecule has 4 aromatic rings. The third kappa shape index (κ3) is 5.53. The fraction of sp³-hybridized carbons (Fsp3) is 0.0909. The zero-order valence-corrected chi connectivity index (χ0v) is 18.4. The van der Waals surface area contributed by atoms with Gasteiger partial charge in [-0.25, -0.2) is 4.39 Å². The number of halogens is 3. The highest BCUT2D eigenvalue weighted by molar-refractivity contribution is 9.10. The highest BCUT2D eigenvalue weighted by Crippen LogP contribution is 2.28. The number of hydrogen-bond donors (Lipinski definition) is 1. The molecule has 0 radical (unpaired) electrons. The number of carbonyl (C=O) groups is 1. The van der Waals surface area contributed by atoms with Crippen LogP contribution in [-0.4, -0.2) is 15.7 Å². The summed E-state index contributed by atoms with van der Waals surface area (Å²) in [4.78, 5) is 12.4. The van der Waals surface area contributed by atoms with Crippen LogP contribution in [0.15, 0.2) is 75.9 Å². The minimum Gasteiger partial charge on any atom is -0.484 e. The summed E-state index contributed by atoms with van der Waals surface area (Å²) in [7, 11) is 0. The minimum atomic E-state index is -0.418. The first kappa shape index (κ1) is 21.1. The average Bonchev–Trinajstić information content (AvgIpc) is 3.37. The largest absolute Gasteiger partial charge is 0.484 e. The number of anilines is 1. The van der Waals surface area contributed by atoms with Gasteiger partial charge in [0.15, 0.2) is 5.76 Å². The fourth-order valence-corrected chi connectivity index (χ4v) is 3.58. The van der Waals surface area contributed by atoms with E-state index in [9.17, 15) is 9.18 Å². The molecule has 158 valence electrons. The smallest absolute Gasteiger partial charge is 0.291 e. The van der Waals surface area contributed by atoms with Crippen LogP contribution in [0.4, 0.5) is 10.1 Å². The maximum atomic E-state index is 13.3. The molecule has 0 atom stereocenters. The van der Waals surface area contributed by atoms with Crippen LogP contribution in [0.25, 0.3) is 0 Å². The maximum Gasteiger partial charge on any atom is 0.291 e. The van der Waals surface area contributed by atoms with Gasteiger partial charge in [-0.15, -0.1) is 0 Å². The first-order chi connectivity index (χ1) is 15.0. The van der Waals surface area contributed by atoms with E-state index in [1.54, 1.807) is 47.3 Å². The van der Waals surface area contributed by atoms with Gasteiger partial charge in [0, 0.05) is 10.7 Å². The van der Waals surface area contributed by atoms with Crippen LogP contribution in [0.5, 0.6) is 5.75 Å². The maximum absolute atomic E-state index is 13.3. The molecular formula is C22H16BrClFN3O3. The molecule has 9 heteroatoms. The second kappa shape index (κ2) is 9.36. The van der Waals surface area contributed by atoms with E-state index in [-0.39, 0.29) is 18.2 Å². The van der Waals surface area contributed by atoms with Crippen molar-refractivity contribution in [3.8, 4) is 5.75 Å². The van der Waals surface area contributed by atoms with E-state index in [2.05, 4.69) is 26.3 Å². The van der Waals surface area contributed by atoms with Gasteiger partial charge in [-0.1, -0.05) is 39.7 Å². The summed E-state index contributed by atoms with van der Waals surface area (Å²) in [6, 6.07) is 14.8. The van der Waals surface area contributed by atoms with Crippen LogP contribution < -0.4 is 10.1 Å². The molecule has 0 fully saturated rings. The molecule has 31 heavy (non-hydrogen) atoms. The van der Waals surface area contributed by atoms with Crippen LogP contribution in [0, 0.1) is 5.82 Å². The van der Waals surface area contributed by atoms with E-state index in [4.69, 9.17) is 20.8 Å². The second-order valence-corrected chi connectivity index (χ2v) is 7.96. The number of benzene rings is 2. The number of amides is 1. The molecule has 2 aromatic carbocycles. The van der Waals surface area contributed by atoms with Crippen molar-refractivity contribution >= 4 is 39.1 Å². The monoisotopic (exact) mass is 503 g/mol. The van der Waals surface area contributed by atoms with Crippen molar-refractivity contribution in [1.82, 2.24) is 9.78 Å². The van der Waals surface area contributed by atoms with Crippen LogP contribution in [0.3, 0.4) is 0 Å². The minimum absolute atomic E-state index is 0.125. The van der Waals surface area contributed by atoms with Gasteiger partial charge in [0.2, 0.25) is 0 Å². The van der Waals surface area contributed by atoms with Gasteiger partial charge in [-0.2, -0.15) is 5.10 Å². The first-order valence-corrected chi connectivity index (χ1v) is 10.4. The summed E-state index contributed by atoms with van der Waals surface area (Å²) < 4.78 is 27.0. The zero-order chi connectivity index (χ0) is 21.8. The fourth-order valence-electron chi connectivity index (χ4n) is 2.85. The lowest BCUT2D eigenvalue weighted by atomic mass is 10.2. The number of carbonyl (C=O) groups excluding carboxylic acids is 1. The Balaban J connectivity index is 1.34. The Morgan fingerprint density at radius 3 is 2.90 bits per heavy atom. The molecule has 0 spiro atoms. The van der Waals surface area contributed by atoms with E-state index < -0.39 is 5.91 Å². The molecule has 0 unspecified atom stereocenters. The molecule has 0 aliphatic heterocycles. The van der Waals surface area contributed by atoms with Crippen molar-refractivity contribution < 1.29 is 18.3 Å². The predicted octanol–water partition coefficient (Wildman–Crippen LogP) is 5.91. The molecule has 0 aliphatic rings. The lowest BCUT2D eigenvalue weighted by Crippen LogP contribution is -2.10. The highest BCUT2D eigenvalue weighted by Gasteiger charge is 2.13. The molecule has 6 nitrogen and oxygen atoms in total. The van der Waals surface area contributed by atoms with Crippen LogP contribution in [-0.2, 0) is 13.2 Å². The number of nitrogens with one attached hydrogen (secondary N) is 1. The summed E-state index contributed by atoms with van der Waals surface area (Å²) >= 11 is 9.46. The number of nitrogens with zero attached hydrogens (tertiary/aromatic N) is 2. The van der Waals surface area contributed by atoms with E-state index in [0.29, 0.717) is 28.8 Å². The lowest BCUT2D eigenvalue weighted by Gasteiger charge is -2.06. The number of hydrogen-bond acceptors (Lipinski definition) is 4. The molecule has 1 N–H and O–H groups in total. The molecule has 2 aromatic heterocycles. The Kier molecular flexibility index (Phi) is 6.39. The van der Waals surface area contributed by atoms with Crippen LogP contribution in [0.2, 0.25) is 5.02 Å². The Morgan fingerprint density at radius 1 is 1.23 bits per heavy atom. The summed E-state index contributed by atoms with van der Waals surface area (Å²) in [6.07, 6.45) is 3.17. The summed E-state index contributed by atoms with van der Waals surface area (Å²) in [6.45, 7) is 0.509. The van der Waals surface area contributed by atoms with Crippen molar-refractivity contribution in [2.75, 3.05) is 5.32 Å². The topological polar surface area (TPSA) is 69.3 Å². The first-order valence-electron chi connectivity index (χ1n) is 9.21. The molecular weight excluding hydrogens is 489 g/mol. The van der Waals surface area contributed by atoms with Gasteiger partial charge < -0.3 is 14.5 Å². The van der Waals surface area contributed by atoms with Crippen molar-refractivity contribution in [2.45, 2.75) is 13.2 Å². The molecule has 1 amide bonds. The van der Waals surface area contributed by atoms with Crippen molar-refractivity contribution in [1.29, 1.82) is 0 Å². The number of furan rings is 1. The van der Waals surface area contributed by atoms with Gasteiger partial charge in [0.25, 0.3) is 5.91 Å². The lowest BCUT2D eigenvalue weighted by molar-refractivity contribution is 0.0992. The van der Waals surface area contributed by atoms with Crippen molar-refractivity contribution in [2.24, 2.45) is 0 Å². The van der Waals surface area contributed by atoms with Gasteiger partial charge in [-0.3, -0.25) is 9.48 Å². The zero-order valence-electron chi connectivity index (χ0n) is 16.0. The van der Waals surface area contributed by atoms with Gasteiger partial charge in [0.05, 0.1) is 23.5 Å². The van der Waals surface area contributed by atoms with E-state index in [1.165, 1.54) is 18.3 Å². The van der Waals surface area contributed by atoms with Crippen LogP contribution >= 0.6 is 27.5 Å². The average molecular weight is 505 g/mol. The van der Waals surface area contributed by atoms with E-state index in [0.717, 1.165) is 10.0 Å². The second-order valence-electron chi connectivity index (χ2n) is 6.64. The van der Waals surface area contributed by atoms with E-state index >= 15 is 0 Å². The molecule has 0 aliphatic carbocycles. The van der Waals surface area contributed by atoms with Gasteiger partial charge >= 0.3 is 0 Å². The summed E-state index contributed by atoms with van der Waals surface area (Å²) in [5.41, 5.74) is 1.26. The molecule has 0 saturated heterocycles. The van der Waals surface area contributed by atoms with E-state index in [1.807, 2.05) is 6.07 Å². The quantitative estimate of drug-likeness (QED) is 0.340. The summed E-state index contributed by atoms with van der Waals surface area (Å²) in [5, 5.41) is 7.37. The molecule has 0 bridgehead atoms. The van der Waals surface area contributed by atoms with Gasteiger partial charge in [0.1, 0.15) is 23.9 Å². The van der Waals surface area contributed by atoms with Crippen molar-refractivity contribution in [3.63, 3.8) is 0 Å². The normalized spacial score (nSPS) is 10.8. The standard InChI is InChI=1S/C22H16BrClFN3O3/c23-15-4-6-20(19(24)9-15)30-13-18-5-7-21(31-18)22(29)27-17-10-26-28(12-17)11-14-2-1-3-16(25)8-14/h1-10,12H,11,13H2,(H,27,29). The highest BCUT2D eigenvalue weighted by atomic mass is 79.9. The number of rotatable bonds is 7. The SMILES string of the molecule is O=C(Nc1cnn(Cc2cccc(F)c2)c1)c1ccc(COc2ccc(Br)cc2Cl)o1. The van der Waals surface area contributed by atoms with Crippen molar-refractivity contribution in [3.05, 3.63) is 99.4 Å². The van der Waals surface area contributed by atoms with Gasteiger partial charge in [-0.05, 0) is 48.0 Å². The number of aromatic nitrogens is 2. The third-order valence-corrected chi connectivity index (χ3v) is 5.06. The van der Waals surface area contributed by atoms with Crippen LogP contribution in [0.1, 0.15) is 21.9 Å². The third-order valence-electron chi connectivity index (χ3n) is 4.27. The molecule has 2 heterocycles. The Hall–Kier alpha value is -3.10. The molecule has 0 saturated carbocycles. The Bertz CT molecular complexity index is 1220. The molecule has 4 rings (SSSR count). The summed E-state index contributed by atoms with van der Waals surface area (Å²) in [5.74, 6) is 0.402. The Labute approximate surface area is 190 Å². The Morgan fingerprint density at radius 2 is 2.10 bits per heavy atom.